The zero-order valence-corrected chi connectivity index (χ0v) is 9.66. The lowest BCUT2D eigenvalue weighted by Gasteiger charge is -2.06. The quantitative estimate of drug-likeness (QED) is 0.831. The number of anilines is 1. The lowest BCUT2D eigenvalue weighted by molar-refractivity contribution is 0.463. The number of benzene rings is 1. The van der Waals surface area contributed by atoms with Gasteiger partial charge in [0, 0.05) is 18.0 Å². The molecule has 0 saturated carbocycles. The number of aromatic nitrogens is 1. The molecule has 0 spiro atoms. The molecule has 0 amide bonds. The average Bonchev–Trinajstić information content (AvgIpc) is 2.22. The summed E-state index contributed by atoms with van der Waals surface area (Å²) in [4.78, 5) is 3.98. The Hall–Kier alpha value is -1.45. The second-order valence-corrected chi connectivity index (χ2v) is 3.96. The van der Waals surface area contributed by atoms with Crippen LogP contribution in [0, 0.1) is 0 Å². The molecule has 0 unspecified atom stereocenters. The summed E-state index contributed by atoms with van der Waals surface area (Å²) in [7, 11) is 0. The Morgan fingerprint density at radius 2 is 2.00 bits per heavy atom. The molecule has 2 N–H and O–H groups in total. The van der Waals surface area contributed by atoms with Crippen molar-refractivity contribution in [3.8, 4) is 11.6 Å². The van der Waals surface area contributed by atoms with Crippen molar-refractivity contribution >= 4 is 28.9 Å². The normalized spacial score (nSPS) is 10.1. The average molecular weight is 255 g/mol. The van der Waals surface area contributed by atoms with E-state index in [1.807, 2.05) is 0 Å². The van der Waals surface area contributed by atoms with E-state index in [1.165, 1.54) is 6.20 Å². The van der Waals surface area contributed by atoms with Gasteiger partial charge in [0.2, 0.25) is 5.88 Å². The van der Waals surface area contributed by atoms with Crippen LogP contribution in [0.4, 0.5) is 5.69 Å². The van der Waals surface area contributed by atoms with E-state index in [1.54, 1.807) is 30.3 Å². The summed E-state index contributed by atoms with van der Waals surface area (Å²) in [6, 6.07) is 8.57. The van der Waals surface area contributed by atoms with Gasteiger partial charge in [-0.1, -0.05) is 29.3 Å². The van der Waals surface area contributed by atoms with E-state index < -0.39 is 0 Å². The maximum absolute atomic E-state index is 5.92. The minimum Gasteiger partial charge on any atom is -0.437 e. The van der Waals surface area contributed by atoms with E-state index in [9.17, 15) is 0 Å². The largest absolute Gasteiger partial charge is 0.437 e. The van der Waals surface area contributed by atoms with Gasteiger partial charge in [-0.3, -0.25) is 0 Å². The smallest absolute Gasteiger partial charge is 0.238 e. The van der Waals surface area contributed by atoms with E-state index in [-0.39, 0.29) is 0 Å². The molecule has 2 aromatic rings. The molecule has 0 saturated heterocycles. The minimum absolute atomic E-state index is 0.302. The molecule has 16 heavy (non-hydrogen) atoms. The molecule has 0 aliphatic rings. The van der Waals surface area contributed by atoms with Gasteiger partial charge in [-0.25, -0.2) is 4.98 Å². The summed E-state index contributed by atoms with van der Waals surface area (Å²) in [5, 5.41) is 0.819. The van der Waals surface area contributed by atoms with Crippen LogP contribution in [-0.4, -0.2) is 4.98 Å². The molecule has 5 heteroatoms. The molecule has 0 atom stereocenters. The third kappa shape index (κ3) is 2.56. The summed E-state index contributed by atoms with van der Waals surface area (Å²) in [6.07, 6.45) is 1.47. The number of hydrogen-bond donors (Lipinski definition) is 1. The lowest BCUT2D eigenvalue weighted by Crippen LogP contribution is -1.90. The Morgan fingerprint density at radius 3 is 2.69 bits per heavy atom. The number of nitrogens with two attached hydrogens (primary N) is 1. The highest BCUT2D eigenvalue weighted by Gasteiger charge is 2.05. The molecule has 0 aliphatic heterocycles. The number of ether oxygens (including phenoxy) is 1. The highest BCUT2D eigenvalue weighted by atomic mass is 35.5. The first-order valence-corrected chi connectivity index (χ1v) is 5.25. The fourth-order valence-corrected chi connectivity index (χ4v) is 1.59. The summed E-state index contributed by atoms with van der Waals surface area (Å²) >= 11 is 11.6. The van der Waals surface area contributed by atoms with Gasteiger partial charge in [-0.15, -0.1) is 0 Å². The van der Waals surface area contributed by atoms with Crippen LogP contribution in [0.3, 0.4) is 0 Å². The van der Waals surface area contributed by atoms with Crippen LogP contribution in [0.25, 0.3) is 0 Å². The Bertz CT molecular complexity index is 517. The van der Waals surface area contributed by atoms with Gasteiger partial charge in [0.05, 0.1) is 5.02 Å². The number of nitrogen functional groups attached to an aromatic ring is 1. The zero-order valence-electron chi connectivity index (χ0n) is 8.15. The lowest BCUT2D eigenvalue weighted by atomic mass is 10.3. The van der Waals surface area contributed by atoms with Crippen LogP contribution < -0.4 is 10.5 Å². The van der Waals surface area contributed by atoms with Gasteiger partial charge in [0.1, 0.15) is 10.8 Å². The van der Waals surface area contributed by atoms with Crippen molar-refractivity contribution in [2.45, 2.75) is 0 Å². The molecule has 1 aromatic heterocycles. The first-order chi connectivity index (χ1) is 7.65. The van der Waals surface area contributed by atoms with Crippen LogP contribution >= 0.6 is 23.2 Å². The maximum atomic E-state index is 5.92. The van der Waals surface area contributed by atoms with Crippen molar-refractivity contribution < 1.29 is 4.74 Å². The highest BCUT2D eigenvalue weighted by molar-refractivity contribution is 6.35. The van der Waals surface area contributed by atoms with Gasteiger partial charge in [0.15, 0.2) is 0 Å². The topological polar surface area (TPSA) is 48.1 Å². The van der Waals surface area contributed by atoms with Crippen LogP contribution in [0.5, 0.6) is 11.6 Å². The summed E-state index contributed by atoms with van der Waals surface area (Å²) < 4.78 is 5.46. The predicted molar refractivity (Wildman–Crippen MR) is 65.2 cm³/mol. The van der Waals surface area contributed by atoms with Crippen LogP contribution in [0.1, 0.15) is 0 Å². The van der Waals surface area contributed by atoms with Gasteiger partial charge in [0.25, 0.3) is 0 Å². The van der Waals surface area contributed by atoms with Gasteiger partial charge >= 0.3 is 0 Å². The monoisotopic (exact) mass is 254 g/mol. The number of nitrogens with zero attached hydrogens (tertiary/aromatic N) is 1. The van der Waals surface area contributed by atoms with E-state index in [0.717, 1.165) is 0 Å². The summed E-state index contributed by atoms with van der Waals surface area (Å²) in [5.41, 5.74) is 6.23. The van der Waals surface area contributed by atoms with Crippen molar-refractivity contribution in [1.82, 2.24) is 4.98 Å². The Kier molecular flexibility index (Phi) is 3.17. The van der Waals surface area contributed by atoms with Crippen molar-refractivity contribution in [1.29, 1.82) is 0 Å². The Morgan fingerprint density at radius 1 is 1.19 bits per heavy atom. The first kappa shape index (κ1) is 11.0. The number of halogens is 2. The van der Waals surface area contributed by atoms with E-state index in [4.69, 9.17) is 33.7 Å². The van der Waals surface area contributed by atoms with Crippen LogP contribution in [0.2, 0.25) is 10.0 Å². The van der Waals surface area contributed by atoms with Gasteiger partial charge in [-0.05, 0) is 18.2 Å². The van der Waals surface area contributed by atoms with E-state index in [0.29, 0.717) is 27.4 Å². The summed E-state index contributed by atoms with van der Waals surface area (Å²) in [6.45, 7) is 0. The Labute approximate surface area is 103 Å². The van der Waals surface area contributed by atoms with E-state index >= 15 is 0 Å². The number of hydrogen-bond acceptors (Lipinski definition) is 3. The molecular weight excluding hydrogens is 247 g/mol. The number of rotatable bonds is 2. The summed E-state index contributed by atoms with van der Waals surface area (Å²) in [5.74, 6) is 0.883. The zero-order chi connectivity index (χ0) is 11.5. The fraction of sp³-hybridized carbons (Fsp3) is 0. The molecule has 3 nitrogen and oxygen atoms in total. The molecule has 1 heterocycles. The van der Waals surface area contributed by atoms with Crippen molar-refractivity contribution in [2.24, 2.45) is 0 Å². The molecule has 0 aliphatic carbocycles. The standard InChI is InChI=1S/C11H8Cl2N2O/c12-7-4-10(13)11(15-6-7)16-9-3-1-2-8(14)5-9/h1-6H,14H2. The molecular formula is C11H8Cl2N2O. The van der Waals surface area contributed by atoms with Crippen LogP contribution in [0.15, 0.2) is 36.5 Å². The second-order valence-electron chi connectivity index (χ2n) is 3.12. The molecule has 0 bridgehead atoms. The third-order valence-corrected chi connectivity index (χ3v) is 2.32. The van der Waals surface area contributed by atoms with Gasteiger partial charge < -0.3 is 10.5 Å². The van der Waals surface area contributed by atoms with Crippen molar-refractivity contribution in [2.75, 3.05) is 5.73 Å². The molecule has 0 fully saturated rings. The molecule has 1 aromatic carbocycles. The first-order valence-electron chi connectivity index (χ1n) is 4.49. The number of pyridine rings is 1. The van der Waals surface area contributed by atoms with Gasteiger partial charge in [-0.2, -0.15) is 0 Å². The minimum atomic E-state index is 0.302. The molecule has 2 rings (SSSR count). The SMILES string of the molecule is Nc1cccc(Oc2ncc(Cl)cc2Cl)c1. The van der Waals surface area contributed by atoms with Crippen LogP contribution in [-0.2, 0) is 0 Å². The van der Waals surface area contributed by atoms with Crippen molar-refractivity contribution in [3.63, 3.8) is 0 Å². The second kappa shape index (κ2) is 4.60. The highest BCUT2D eigenvalue weighted by Crippen LogP contribution is 2.29. The Balaban J connectivity index is 2.27. The third-order valence-electron chi connectivity index (χ3n) is 1.85. The molecule has 82 valence electrons. The molecule has 0 radical (unpaired) electrons. The van der Waals surface area contributed by atoms with E-state index in [2.05, 4.69) is 4.98 Å². The maximum Gasteiger partial charge on any atom is 0.238 e. The van der Waals surface area contributed by atoms with Crippen molar-refractivity contribution in [3.05, 3.63) is 46.6 Å². The fourth-order valence-electron chi connectivity index (χ4n) is 1.17. The predicted octanol–water partition coefficient (Wildman–Crippen LogP) is 3.76.